The van der Waals surface area contributed by atoms with Crippen LogP contribution in [0.4, 0.5) is 17.6 Å². The second-order valence-electron chi connectivity index (χ2n) is 4.65. The molecule has 8 heteroatoms. The predicted octanol–water partition coefficient (Wildman–Crippen LogP) is 2.46. The third kappa shape index (κ3) is 4.59. The fourth-order valence-corrected chi connectivity index (χ4v) is 1.64. The molecular weight excluding hydrogens is 294 g/mol. The first kappa shape index (κ1) is 17.2. The van der Waals surface area contributed by atoms with Crippen molar-refractivity contribution in [1.29, 1.82) is 0 Å². The number of hydrogen-bond acceptors (Lipinski definition) is 3. The molecule has 1 aromatic carbocycles. The first-order valence-electron chi connectivity index (χ1n) is 6.18. The Morgan fingerprint density at radius 1 is 1.24 bits per heavy atom. The summed E-state index contributed by atoms with van der Waals surface area (Å²) in [5, 5.41) is 11.6. The van der Waals surface area contributed by atoms with Crippen LogP contribution in [0.3, 0.4) is 0 Å². The van der Waals surface area contributed by atoms with Gasteiger partial charge in [-0.3, -0.25) is 4.79 Å². The van der Waals surface area contributed by atoms with E-state index < -0.39 is 47.6 Å². The number of halogens is 4. The number of nitrogens with one attached hydrogen (secondary N) is 1. The van der Waals surface area contributed by atoms with Gasteiger partial charge in [-0.15, -0.1) is 0 Å². The molecule has 0 aromatic heterocycles. The van der Waals surface area contributed by atoms with Crippen molar-refractivity contribution in [3.8, 4) is 5.75 Å². The summed E-state index contributed by atoms with van der Waals surface area (Å²) in [6.45, 7) is 3.02. The first-order valence-corrected chi connectivity index (χ1v) is 6.18. The van der Waals surface area contributed by atoms with Gasteiger partial charge in [0.1, 0.15) is 6.04 Å². The van der Waals surface area contributed by atoms with Crippen molar-refractivity contribution in [2.45, 2.75) is 32.4 Å². The van der Waals surface area contributed by atoms with E-state index in [4.69, 9.17) is 5.11 Å². The summed E-state index contributed by atoms with van der Waals surface area (Å²) in [4.78, 5) is 10.9. The lowest BCUT2D eigenvalue weighted by Gasteiger charge is -2.17. The zero-order valence-corrected chi connectivity index (χ0v) is 11.4. The minimum absolute atomic E-state index is 0.0674. The Bertz CT molecular complexity index is 496. The third-order valence-electron chi connectivity index (χ3n) is 2.56. The van der Waals surface area contributed by atoms with Gasteiger partial charge in [-0.05, 0) is 0 Å². The summed E-state index contributed by atoms with van der Waals surface area (Å²) in [7, 11) is 0. The van der Waals surface area contributed by atoms with Crippen molar-refractivity contribution >= 4 is 5.97 Å². The van der Waals surface area contributed by atoms with Crippen LogP contribution in [0.5, 0.6) is 5.75 Å². The number of hydrogen-bond donors (Lipinski definition) is 2. The molecule has 2 N–H and O–H groups in total. The van der Waals surface area contributed by atoms with Gasteiger partial charge in [0, 0.05) is 18.5 Å². The van der Waals surface area contributed by atoms with Gasteiger partial charge in [-0.1, -0.05) is 13.8 Å². The second kappa shape index (κ2) is 7.26. The molecule has 0 heterocycles. The molecule has 1 atom stereocenters. The topological polar surface area (TPSA) is 58.6 Å². The van der Waals surface area contributed by atoms with Crippen LogP contribution in [0.15, 0.2) is 6.07 Å². The van der Waals surface area contributed by atoms with Gasteiger partial charge in [-0.2, -0.15) is 8.78 Å². The number of aliphatic carboxylic acids is 1. The molecule has 0 fully saturated rings. The monoisotopic (exact) mass is 309 g/mol. The molecule has 1 unspecified atom stereocenters. The minimum atomic E-state index is -1.66. The number of carboxylic acids is 1. The van der Waals surface area contributed by atoms with Crippen LogP contribution < -0.4 is 10.1 Å². The molecule has 1 rings (SSSR count). The molecule has 4 nitrogen and oxygen atoms in total. The van der Waals surface area contributed by atoms with Gasteiger partial charge < -0.3 is 15.2 Å². The van der Waals surface area contributed by atoms with Crippen molar-refractivity contribution < 1.29 is 32.2 Å². The van der Waals surface area contributed by atoms with Crippen molar-refractivity contribution in [2.75, 3.05) is 6.61 Å². The van der Waals surface area contributed by atoms with E-state index in [1.807, 2.05) is 0 Å². The Kier molecular flexibility index (Phi) is 5.95. The van der Waals surface area contributed by atoms with Gasteiger partial charge in [0.05, 0.1) is 6.61 Å². The predicted molar refractivity (Wildman–Crippen MR) is 66.1 cm³/mol. The molecular formula is C13H15F4NO3. The number of rotatable bonds is 7. The Morgan fingerprint density at radius 2 is 1.76 bits per heavy atom. The van der Waals surface area contributed by atoms with Gasteiger partial charge in [0.15, 0.2) is 17.4 Å². The van der Waals surface area contributed by atoms with Crippen LogP contribution in [0.25, 0.3) is 0 Å². The van der Waals surface area contributed by atoms with E-state index in [0.29, 0.717) is 0 Å². The molecule has 0 amide bonds. The standard InChI is InChI=1S/C13H15F4NO3/c1-6(2)18-9(13(19)20)3-4-21-12-10(16)7(14)5-8(15)11(12)17/h5-6,9,18H,3-4H2,1-2H3,(H,19,20). The molecule has 1 aromatic rings. The Hall–Kier alpha value is -1.83. The van der Waals surface area contributed by atoms with Gasteiger partial charge in [-0.25, -0.2) is 8.78 Å². The summed E-state index contributed by atoms with van der Waals surface area (Å²) in [5.74, 6) is -8.84. The molecule has 0 saturated heterocycles. The van der Waals surface area contributed by atoms with Gasteiger partial charge in [0.25, 0.3) is 0 Å². The summed E-state index contributed by atoms with van der Waals surface area (Å²) in [6.07, 6.45) is -0.134. The quantitative estimate of drug-likeness (QED) is 0.600. The zero-order chi connectivity index (χ0) is 16.2. The van der Waals surface area contributed by atoms with Gasteiger partial charge in [0.2, 0.25) is 11.6 Å². The highest BCUT2D eigenvalue weighted by Crippen LogP contribution is 2.26. The molecule has 0 spiro atoms. The van der Waals surface area contributed by atoms with Crippen LogP contribution in [0, 0.1) is 23.3 Å². The Morgan fingerprint density at radius 3 is 2.19 bits per heavy atom. The number of carbonyl (C=O) groups is 1. The van der Waals surface area contributed by atoms with E-state index in [1.54, 1.807) is 13.8 Å². The van der Waals surface area contributed by atoms with Crippen molar-refractivity contribution in [3.05, 3.63) is 29.3 Å². The fraction of sp³-hybridized carbons (Fsp3) is 0.462. The fourth-order valence-electron chi connectivity index (χ4n) is 1.64. The average Bonchev–Trinajstić information content (AvgIpc) is 2.38. The average molecular weight is 309 g/mol. The molecule has 0 bridgehead atoms. The van der Waals surface area contributed by atoms with E-state index in [1.165, 1.54) is 0 Å². The summed E-state index contributed by atoms with van der Waals surface area (Å²) >= 11 is 0. The number of ether oxygens (including phenoxy) is 1. The van der Waals surface area contributed by atoms with E-state index in [0.717, 1.165) is 0 Å². The second-order valence-corrected chi connectivity index (χ2v) is 4.65. The van der Waals surface area contributed by atoms with Crippen LogP contribution >= 0.6 is 0 Å². The van der Waals surface area contributed by atoms with Crippen molar-refractivity contribution in [2.24, 2.45) is 0 Å². The summed E-state index contributed by atoms with van der Waals surface area (Å²) < 4.78 is 57.1. The minimum Gasteiger partial charge on any atom is -0.487 e. The molecule has 0 radical (unpaired) electrons. The smallest absolute Gasteiger partial charge is 0.320 e. The Labute approximate surface area is 118 Å². The molecule has 0 aliphatic heterocycles. The van der Waals surface area contributed by atoms with Crippen molar-refractivity contribution in [1.82, 2.24) is 5.32 Å². The van der Waals surface area contributed by atoms with Crippen molar-refractivity contribution in [3.63, 3.8) is 0 Å². The first-order chi connectivity index (χ1) is 9.73. The highest BCUT2D eigenvalue weighted by atomic mass is 19.2. The van der Waals surface area contributed by atoms with Crippen LogP contribution in [0.1, 0.15) is 20.3 Å². The molecule has 0 aliphatic carbocycles. The Balaban J connectivity index is 2.73. The van der Waals surface area contributed by atoms with E-state index in [2.05, 4.69) is 10.1 Å². The highest BCUT2D eigenvalue weighted by Gasteiger charge is 2.22. The maximum absolute atomic E-state index is 13.3. The molecule has 0 aliphatic rings. The van der Waals surface area contributed by atoms with Crippen LogP contribution in [-0.4, -0.2) is 29.8 Å². The molecule has 118 valence electrons. The molecule has 0 saturated carbocycles. The third-order valence-corrected chi connectivity index (χ3v) is 2.56. The van der Waals surface area contributed by atoms with Gasteiger partial charge >= 0.3 is 5.97 Å². The lowest BCUT2D eigenvalue weighted by molar-refractivity contribution is -0.140. The lowest BCUT2D eigenvalue weighted by atomic mass is 10.2. The number of carboxylic acid groups (broad SMARTS) is 1. The molecule has 21 heavy (non-hydrogen) atoms. The van der Waals surface area contributed by atoms with E-state index in [9.17, 15) is 22.4 Å². The lowest BCUT2D eigenvalue weighted by Crippen LogP contribution is -2.41. The number of benzene rings is 1. The largest absolute Gasteiger partial charge is 0.487 e. The zero-order valence-electron chi connectivity index (χ0n) is 11.4. The normalized spacial score (nSPS) is 12.5. The van der Waals surface area contributed by atoms with E-state index >= 15 is 0 Å². The maximum atomic E-state index is 13.3. The summed E-state index contributed by atoms with van der Waals surface area (Å²) in [6, 6.07) is -1.07. The van der Waals surface area contributed by atoms with Crippen LogP contribution in [-0.2, 0) is 4.79 Å². The van der Waals surface area contributed by atoms with E-state index in [-0.39, 0.29) is 18.5 Å². The highest BCUT2D eigenvalue weighted by molar-refractivity contribution is 5.73. The SMILES string of the molecule is CC(C)NC(CCOc1c(F)c(F)cc(F)c1F)C(=O)O. The van der Waals surface area contributed by atoms with Crippen LogP contribution in [0.2, 0.25) is 0 Å². The maximum Gasteiger partial charge on any atom is 0.320 e. The summed E-state index contributed by atoms with van der Waals surface area (Å²) in [5.41, 5.74) is 0.